The molecule has 0 bridgehead atoms. The van der Waals surface area contributed by atoms with E-state index in [-0.39, 0.29) is 5.82 Å². The number of carbonyl (C=O) groups excluding carboxylic acids is 1. The summed E-state index contributed by atoms with van der Waals surface area (Å²) in [7, 11) is 1.72. The first-order chi connectivity index (χ1) is 10.8. The topological polar surface area (TPSA) is 90.2 Å². The summed E-state index contributed by atoms with van der Waals surface area (Å²) in [4.78, 5) is 15.8. The number of benzene rings is 1. The number of aromatic nitrogens is 1. The zero-order valence-corrected chi connectivity index (χ0v) is 13.1. The van der Waals surface area contributed by atoms with Crippen molar-refractivity contribution in [3.8, 4) is 0 Å². The molecular formula is C16H18FN5O. The third-order valence-corrected chi connectivity index (χ3v) is 3.20. The van der Waals surface area contributed by atoms with Crippen LogP contribution in [-0.2, 0) is 4.79 Å². The van der Waals surface area contributed by atoms with Crippen LogP contribution in [0.5, 0.6) is 0 Å². The molecule has 0 spiro atoms. The maximum atomic E-state index is 13.6. The summed E-state index contributed by atoms with van der Waals surface area (Å²) in [6, 6.07) is 7.16. The van der Waals surface area contributed by atoms with E-state index in [9.17, 15) is 9.18 Å². The van der Waals surface area contributed by atoms with Crippen molar-refractivity contribution >= 4 is 28.2 Å². The monoisotopic (exact) mass is 315 g/mol. The van der Waals surface area contributed by atoms with Gasteiger partial charge in [0.15, 0.2) is 5.67 Å². The molecule has 6 nitrogen and oxygen atoms in total. The average Bonchev–Trinajstić information content (AvgIpc) is 2.51. The summed E-state index contributed by atoms with van der Waals surface area (Å²) in [6.45, 7) is 2.37. The van der Waals surface area contributed by atoms with Crippen molar-refractivity contribution in [2.45, 2.75) is 19.5 Å². The Morgan fingerprint density at radius 3 is 2.70 bits per heavy atom. The Hall–Kier alpha value is -2.83. The molecule has 1 aromatic heterocycles. The van der Waals surface area contributed by atoms with Gasteiger partial charge < -0.3 is 10.6 Å². The zero-order chi connectivity index (χ0) is 17.0. The molecule has 0 saturated heterocycles. The van der Waals surface area contributed by atoms with Gasteiger partial charge in [0.05, 0.1) is 0 Å². The Morgan fingerprint density at radius 2 is 2.09 bits per heavy atom. The lowest BCUT2D eigenvalue weighted by atomic mass is 10.1. The molecule has 0 aliphatic heterocycles. The van der Waals surface area contributed by atoms with Crippen LogP contribution in [0.15, 0.2) is 41.8 Å². The van der Waals surface area contributed by atoms with E-state index in [0.29, 0.717) is 5.70 Å². The van der Waals surface area contributed by atoms with Crippen molar-refractivity contribution in [1.82, 2.24) is 10.3 Å². The molecule has 0 unspecified atom stereocenters. The van der Waals surface area contributed by atoms with Crippen molar-refractivity contribution in [2.24, 2.45) is 5.11 Å². The molecule has 0 fully saturated rings. The fourth-order valence-corrected chi connectivity index (χ4v) is 1.95. The number of hydrogen-bond acceptors (Lipinski definition) is 5. The zero-order valence-electron chi connectivity index (χ0n) is 13.1. The van der Waals surface area contributed by atoms with Crippen LogP contribution < -0.4 is 10.6 Å². The summed E-state index contributed by atoms with van der Waals surface area (Å²) < 4.78 is 13.6. The lowest BCUT2D eigenvalue weighted by molar-refractivity contribution is -0.125. The number of carbonyl (C=O) groups is 1. The van der Waals surface area contributed by atoms with Crippen molar-refractivity contribution in [3.05, 3.63) is 42.2 Å². The van der Waals surface area contributed by atoms with E-state index in [0.717, 1.165) is 16.3 Å². The van der Waals surface area contributed by atoms with Crippen LogP contribution >= 0.6 is 0 Å². The average molecular weight is 315 g/mol. The standard InChI is InChI=1S/C16H18FN5O/c1-16(2,17)15(23)21-14-7-12-6-10(13(22-18)9-19-3)4-5-11(12)8-20-14/h4-9,18-19H,1-3H3,(H,20,21,23)/b13-9-,22-18?. The van der Waals surface area contributed by atoms with Crippen molar-refractivity contribution in [1.29, 1.82) is 5.53 Å². The van der Waals surface area contributed by atoms with Crippen LogP contribution in [0.1, 0.15) is 19.4 Å². The van der Waals surface area contributed by atoms with Gasteiger partial charge in [0.1, 0.15) is 11.5 Å². The largest absolute Gasteiger partial charge is 0.392 e. The second-order valence-electron chi connectivity index (χ2n) is 5.49. The van der Waals surface area contributed by atoms with Crippen molar-refractivity contribution in [3.63, 3.8) is 0 Å². The van der Waals surface area contributed by atoms with E-state index >= 15 is 0 Å². The van der Waals surface area contributed by atoms with Crippen LogP contribution in [0.4, 0.5) is 10.2 Å². The van der Waals surface area contributed by atoms with Crippen LogP contribution in [0.3, 0.4) is 0 Å². The predicted octanol–water partition coefficient (Wildman–Crippen LogP) is 3.47. The van der Waals surface area contributed by atoms with Crippen LogP contribution in [-0.4, -0.2) is 23.6 Å². The highest BCUT2D eigenvalue weighted by Crippen LogP contribution is 2.23. The number of anilines is 1. The molecule has 1 aromatic carbocycles. The van der Waals surface area contributed by atoms with Gasteiger partial charge in [0.2, 0.25) is 0 Å². The Bertz CT molecular complexity index is 780. The summed E-state index contributed by atoms with van der Waals surface area (Å²) >= 11 is 0. The highest BCUT2D eigenvalue weighted by atomic mass is 19.1. The van der Waals surface area contributed by atoms with Crippen LogP contribution in [0.2, 0.25) is 0 Å². The minimum Gasteiger partial charge on any atom is -0.392 e. The van der Waals surface area contributed by atoms with Gasteiger partial charge in [-0.15, -0.1) is 0 Å². The van der Waals surface area contributed by atoms with Gasteiger partial charge in [-0.05, 0) is 31.4 Å². The van der Waals surface area contributed by atoms with E-state index < -0.39 is 11.6 Å². The second-order valence-corrected chi connectivity index (χ2v) is 5.49. The Morgan fingerprint density at radius 1 is 1.35 bits per heavy atom. The van der Waals surface area contributed by atoms with Gasteiger partial charge in [-0.3, -0.25) is 4.79 Å². The number of fused-ring (bicyclic) bond motifs is 1. The SMILES string of the molecule is CN/C=C(\N=N)c1ccc2cnc(NC(=O)C(C)(C)F)cc2c1. The smallest absolute Gasteiger partial charge is 0.262 e. The molecule has 0 atom stereocenters. The van der Waals surface area contributed by atoms with Crippen molar-refractivity contribution < 1.29 is 9.18 Å². The summed E-state index contributed by atoms with van der Waals surface area (Å²) in [5.74, 6) is -0.482. The highest BCUT2D eigenvalue weighted by Gasteiger charge is 2.26. The van der Waals surface area contributed by atoms with Gasteiger partial charge >= 0.3 is 0 Å². The Balaban J connectivity index is 2.40. The number of nitrogens with one attached hydrogen (secondary N) is 3. The van der Waals surface area contributed by atoms with E-state index in [1.54, 1.807) is 25.5 Å². The van der Waals surface area contributed by atoms with E-state index in [4.69, 9.17) is 5.53 Å². The van der Waals surface area contributed by atoms with Gasteiger partial charge in [-0.1, -0.05) is 12.1 Å². The number of pyridine rings is 1. The molecule has 120 valence electrons. The van der Waals surface area contributed by atoms with Gasteiger partial charge in [0.25, 0.3) is 5.91 Å². The lowest BCUT2D eigenvalue weighted by Crippen LogP contribution is -2.32. The summed E-state index contributed by atoms with van der Waals surface area (Å²) in [6.07, 6.45) is 3.21. The molecule has 1 heterocycles. The van der Waals surface area contributed by atoms with Gasteiger partial charge in [-0.2, -0.15) is 5.11 Å². The molecule has 7 heteroatoms. The van der Waals surface area contributed by atoms with Crippen LogP contribution in [0.25, 0.3) is 16.5 Å². The number of amides is 1. The number of hydrogen-bond donors (Lipinski definition) is 3. The second kappa shape index (κ2) is 6.51. The predicted molar refractivity (Wildman–Crippen MR) is 87.7 cm³/mol. The minimum absolute atomic E-state index is 0.271. The molecule has 3 N–H and O–H groups in total. The highest BCUT2D eigenvalue weighted by molar-refractivity contribution is 5.97. The van der Waals surface area contributed by atoms with E-state index in [1.807, 2.05) is 18.2 Å². The molecule has 23 heavy (non-hydrogen) atoms. The first-order valence-corrected chi connectivity index (χ1v) is 7.00. The number of halogens is 1. The quantitative estimate of drug-likeness (QED) is 0.738. The third kappa shape index (κ3) is 3.88. The first-order valence-electron chi connectivity index (χ1n) is 7.00. The molecular weight excluding hydrogens is 297 g/mol. The van der Waals surface area contributed by atoms with E-state index in [1.165, 1.54) is 13.8 Å². The number of alkyl halides is 1. The molecule has 0 saturated carbocycles. The summed E-state index contributed by atoms with van der Waals surface area (Å²) in [5, 5.41) is 10.4. The molecule has 1 amide bonds. The Labute approximate surface area is 133 Å². The molecule has 0 aliphatic carbocycles. The maximum absolute atomic E-state index is 13.6. The van der Waals surface area contributed by atoms with Crippen molar-refractivity contribution in [2.75, 3.05) is 12.4 Å². The maximum Gasteiger partial charge on any atom is 0.262 e. The van der Waals surface area contributed by atoms with E-state index in [2.05, 4.69) is 20.7 Å². The third-order valence-electron chi connectivity index (χ3n) is 3.20. The minimum atomic E-state index is -1.98. The normalized spacial score (nSPS) is 12.1. The Kier molecular flexibility index (Phi) is 4.68. The van der Waals surface area contributed by atoms with Gasteiger partial charge in [0, 0.05) is 30.4 Å². The fourth-order valence-electron chi connectivity index (χ4n) is 1.95. The fraction of sp³-hybridized carbons (Fsp3) is 0.250. The molecule has 0 aliphatic rings. The summed E-state index contributed by atoms with van der Waals surface area (Å²) in [5.41, 5.74) is 6.46. The number of nitrogens with zero attached hydrogens (tertiary/aromatic N) is 2. The molecule has 0 radical (unpaired) electrons. The number of rotatable bonds is 5. The first kappa shape index (κ1) is 16.5. The molecule has 2 rings (SSSR count). The lowest BCUT2D eigenvalue weighted by Gasteiger charge is -2.13. The van der Waals surface area contributed by atoms with Crippen LogP contribution in [0, 0.1) is 5.53 Å². The van der Waals surface area contributed by atoms with Gasteiger partial charge in [-0.25, -0.2) is 14.9 Å². The molecule has 2 aromatic rings.